The molecule has 0 heterocycles. The lowest BCUT2D eigenvalue weighted by molar-refractivity contribution is 0.402. The summed E-state index contributed by atoms with van der Waals surface area (Å²) in [5, 5.41) is 3.02. The van der Waals surface area contributed by atoms with Gasteiger partial charge in [0.25, 0.3) is 0 Å². The third-order valence-electron chi connectivity index (χ3n) is 3.79. The standard InChI is InChI=1S/C15H24N2O3S/c1-4-5-12-9-13(12)17-21(18,19)15-8-11(10-16-2)6-7-14(15)20-3/h6-8,12-13,16-17H,4-5,9-10H2,1-3H3. The summed E-state index contributed by atoms with van der Waals surface area (Å²) in [5.74, 6) is 0.867. The second-order valence-corrected chi connectivity index (χ2v) is 7.21. The van der Waals surface area contributed by atoms with Gasteiger partial charge < -0.3 is 10.1 Å². The van der Waals surface area contributed by atoms with Gasteiger partial charge in [-0.2, -0.15) is 0 Å². The second-order valence-electron chi connectivity index (χ2n) is 5.53. The molecule has 118 valence electrons. The Labute approximate surface area is 127 Å². The van der Waals surface area contributed by atoms with Crippen molar-refractivity contribution in [2.75, 3.05) is 14.2 Å². The van der Waals surface area contributed by atoms with Gasteiger partial charge in [-0.15, -0.1) is 0 Å². The Morgan fingerprint density at radius 3 is 2.76 bits per heavy atom. The Hall–Kier alpha value is -1.11. The van der Waals surface area contributed by atoms with Gasteiger partial charge in [-0.05, 0) is 43.5 Å². The molecule has 1 aromatic rings. The van der Waals surface area contributed by atoms with E-state index in [1.54, 1.807) is 12.1 Å². The van der Waals surface area contributed by atoms with Crippen LogP contribution >= 0.6 is 0 Å². The normalized spacial score (nSPS) is 21.3. The van der Waals surface area contributed by atoms with Crippen LogP contribution in [0.5, 0.6) is 5.75 Å². The van der Waals surface area contributed by atoms with Crippen LogP contribution in [0, 0.1) is 5.92 Å². The van der Waals surface area contributed by atoms with E-state index in [0.29, 0.717) is 18.2 Å². The van der Waals surface area contributed by atoms with Crippen molar-refractivity contribution in [1.82, 2.24) is 10.0 Å². The third kappa shape index (κ3) is 3.96. The van der Waals surface area contributed by atoms with Gasteiger partial charge in [-0.1, -0.05) is 19.4 Å². The van der Waals surface area contributed by atoms with Gasteiger partial charge in [0.2, 0.25) is 10.0 Å². The summed E-state index contributed by atoms with van der Waals surface area (Å²) >= 11 is 0. The maximum Gasteiger partial charge on any atom is 0.244 e. The zero-order valence-electron chi connectivity index (χ0n) is 12.8. The maximum atomic E-state index is 12.6. The first-order valence-corrected chi connectivity index (χ1v) is 8.84. The van der Waals surface area contributed by atoms with Gasteiger partial charge in [-0.3, -0.25) is 0 Å². The molecule has 0 saturated heterocycles. The first-order chi connectivity index (χ1) is 10.0. The molecule has 0 aromatic heterocycles. The summed E-state index contributed by atoms with van der Waals surface area (Å²) in [6, 6.07) is 5.32. The van der Waals surface area contributed by atoms with Gasteiger partial charge in [-0.25, -0.2) is 13.1 Å². The molecule has 1 aliphatic carbocycles. The minimum Gasteiger partial charge on any atom is -0.495 e. The highest BCUT2D eigenvalue weighted by Gasteiger charge is 2.39. The van der Waals surface area contributed by atoms with Crippen LogP contribution < -0.4 is 14.8 Å². The molecular formula is C15H24N2O3S. The lowest BCUT2D eigenvalue weighted by atomic mass is 10.2. The Kier molecular flexibility index (Phi) is 5.24. The summed E-state index contributed by atoms with van der Waals surface area (Å²) in [6.07, 6.45) is 3.10. The summed E-state index contributed by atoms with van der Waals surface area (Å²) in [5.41, 5.74) is 0.916. The van der Waals surface area contributed by atoms with Crippen molar-refractivity contribution < 1.29 is 13.2 Å². The van der Waals surface area contributed by atoms with Gasteiger partial charge in [0.15, 0.2) is 0 Å². The Morgan fingerprint density at radius 2 is 2.14 bits per heavy atom. The number of nitrogens with one attached hydrogen (secondary N) is 2. The van der Waals surface area contributed by atoms with E-state index in [2.05, 4.69) is 17.0 Å². The van der Waals surface area contributed by atoms with Crippen LogP contribution in [0.15, 0.2) is 23.1 Å². The fourth-order valence-electron chi connectivity index (χ4n) is 2.59. The highest BCUT2D eigenvalue weighted by molar-refractivity contribution is 7.89. The van der Waals surface area contributed by atoms with E-state index in [-0.39, 0.29) is 10.9 Å². The zero-order chi connectivity index (χ0) is 15.5. The number of benzene rings is 1. The number of methoxy groups -OCH3 is 1. The molecule has 0 bridgehead atoms. The molecule has 0 aliphatic heterocycles. The zero-order valence-corrected chi connectivity index (χ0v) is 13.7. The van der Waals surface area contributed by atoms with Crippen molar-refractivity contribution >= 4 is 10.0 Å². The van der Waals surface area contributed by atoms with Gasteiger partial charge in [0.1, 0.15) is 10.6 Å². The molecule has 1 fully saturated rings. The van der Waals surface area contributed by atoms with Crippen LogP contribution in [0.2, 0.25) is 0 Å². The summed E-state index contributed by atoms with van der Waals surface area (Å²) < 4.78 is 33.1. The number of rotatable bonds is 8. The van der Waals surface area contributed by atoms with E-state index >= 15 is 0 Å². The molecule has 2 unspecified atom stereocenters. The van der Waals surface area contributed by atoms with E-state index in [1.807, 2.05) is 13.1 Å². The Bertz CT molecular complexity index is 587. The van der Waals surface area contributed by atoms with Crippen LogP contribution in [0.1, 0.15) is 31.7 Å². The molecule has 1 saturated carbocycles. The molecule has 2 atom stereocenters. The minimum atomic E-state index is -3.53. The lowest BCUT2D eigenvalue weighted by Crippen LogP contribution is -2.27. The first-order valence-electron chi connectivity index (χ1n) is 7.35. The molecule has 5 nitrogen and oxygen atoms in total. The smallest absolute Gasteiger partial charge is 0.244 e. The molecule has 0 spiro atoms. The van der Waals surface area contributed by atoms with Gasteiger partial charge in [0, 0.05) is 12.6 Å². The lowest BCUT2D eigenvalue weighted by Gasteiger charge is -2.12. The van der Waals surface area contributed by atoms with Crippen LogP contribution in [-0.2, 0) is 16.6 Å². The van der Waals surface area contributed by atoms with Crippen molar-refractivity contribution in [1.29, 1.82) is 0 Å². The number of hydrogen-bond acceptors (Lipinski definition) is 4. The third-order valence-corrected chi connectivity index (χ3v) is 5.30. The SMILES string of the molecule is CCCC1CC1NS(=O)(=O)c1cc(CNC)ccc1OC. The van der Waals surface area contributed by atoms with Crippen molar-refractivity contribution in [3.05, 3.63) is 23.8 Å². The quantitative estimate of drug-likeness (QED) is 0.769. The topological polar surface area (TPSA) is 67.4 Å². The van der Waals surface area contributed by atoms with E-state index in [1.165, 1.54) is 7.11 Å². The van der Waals surface area contributed by atoms with Crippen LogP contribution in [0.25, 0.3) is 0 Å². The predicted octanol–water partition coefficient (Wildman–Crippen LogP) is 1.88. The van der Waals surface area contributed by atoms with Crippen LogP contribution in [0.4, 0.5) is 0 Å². The second kappa shape index (κ2) is 6.77. The average Bonchev–Trinajstić information content (AvgIpc) is 3.16. The highest BCUT2D eigenvalue weighted by Crippen LogP contribution is 2.36. The Balaban J connectivity index is 2.20. The first kappa shape index (κ1) is 16.3. The van der Waals surface area contributed by atoms with Crippen molar-refractivity contribution in [2.24, 2.45) is 5.92 Å². The van der Waals surface area contributed by atoms with Crippen LogP contribution in [-0.4, -0.2) is 28.6 Å². The van der Waals surface area contributed by atoms with Gasteiger partial charge >= 0.3 is 0 Å². The molecule has 6 heteroatoms. The molecular weight excluding hydrogens is 288 g/mol. The van der Waals surface area contributed by atoms with E-state index in [0.717, 1.165) is 24.8 Å². The van der Waals surface area contributed by atoms with Crippen molar-refractivity contribution in [3.8, 4) is 5.75 Å². The van der Waals surface area contributed by atoms with Crippen LogP contribution in [0.3, 0.4) is 0 Å². The highest BCUT2D eigenvalue weighted by atomic mass is 32.2. The van der Waals surface area contributed by atoms with Crippen molar-refractivity contribution in [2.45, 2.75) is 43.7 Å². The summed E-state index contributed by atoms with van der Waals surface area (Å²) in [6.45, 7) is 2.74. The van der Waals surface area contributed by atoms with E-state index < -0.39 is 10.0 Å². The Morgan fingerprint density at radius 1 is 1.38 bits per heavy atom. The molecule has 1 aromatic carbocycles. The van der Waals surface area contributed by atoms with E-state index in [9.17, 15) is 8.42 Å². The largest absolute Gasteiger partial charge is 0.495 e. The molecule has 21 heavy (non-hydrogen) atoms. The monoisotopic (exact) mass is 312 g/mol. The predicted molar refractivity (Wildman–Crippen MR) is 82.9 cm³/mol. The number of hydrogen-bond donors (Lipinski definition) is 2. The van der Waals surface area contributed by atoms with E-state index in [4.69, 9.17) is 4.74 Å². The molecule has 2 N–H and O–H groups in total. The summed E-state index contributed by atoms with van der Waals surface area (Å²) in [4.78, 5) is 0.222. The number of ether oxygens (including phenoxy) is 1. The fraction of sp³-hybridized carbons (Fsp3) is 0.600. The van der Waals surface area contributed by atoms with Crippen molar-refractivity contribution in [3.63, 3.8) is 0 Å². The molecule has 0 amide bonds. The molecule has 0 radical (unpaired) electrons. The summed E-state index contributed by atoms with van der Waals surface area (Å²) in [7, 11) is -0.216. The molecule has 2 rings (SSSR count). The maximum absolute atomic E-state index is 12.6. The number of sulfonamides is 1. The molecule has 1 aliphatic rings. The minimum absolute atomic E-state index is 0.0765. The van der Waals surface area contributed by atoms with Gasteiger partial charge in [0.05, 0.1) is 7.11 Å². The average molecular weight is 312 g/mol. The fourth-order valence-corrected chi connectivity index (χ4v) is 4.13.